The van der Waals surface area contributed by atoms with Crippen molar-refractivity contribution in [3.8, 4) is 0 Å². The normalized spacial score (nSPS) is 10.9. The quantitative estimate of drug-likeness (QED) is 0.669. The van der Waals surface area contributed by atoms with Crippen molar-refractivity contribution in [1.29, 1.82) is 0 Å². The van der Waals surface area contributed by atoms with Gasteiger partial charge in [0, 0.05) is 32.8 Å². The summed E-state index contributed by atoms with van der Waals surface area (Å²) in [5.41, 5.74) is 2.51. The molecule has 1 N–H and O–H groups in total. The Morgan fingerprint density at radius 1 is 1.30 bits per heavy atom. The third-order valence-electron chi connectivity index (χ3n) is 3.26. The van der Waals surface area contributed by atoms with Crippen LogP contribution in [0.2, 0.25) is 0 Å². The standard InChI is InChI=1S/C16H25NO3/c1-3-20-12-6-10-17(11-9-16(18)19)13-15-8-5-4-7-14(15)2/h4-5,7-8H,3,6,9-13H2,1-2H3,(H,18,19). The van der Waals surface area contributed by atoms with Crippen molar-refractivity contribution in [2.24, 2.45) is 0 Å². The lowest BCUT2D eigenvalue weighted by molar-refractivity contribution is -0.137. The first-order valence-corrected chi connectivity index (χ1v) is 7.20. The Labute approximate surface area is 121 Å². The molecule has 0 aliphatic heterocycles. The van der Waals surface area contributed by atoms with Gasteiger partial charge in [0.15, 0.2) is 0 Å². The molecule has 0 spiro atoms. The molecular formula is C16H25NO3. The van der Waals surface area contributed by atoms with Crippen LogP contribution in [0.1, 0.15) is 30.9 Å². The van der Waals surface area contributed by atoms with Crippen LogP contribution in [0, 0.1) is 6.92 Å². The predicted molar refractivity (Wildman–Crippen MR) is 79.8 cm³/mol. The summed E-state index contributed by atoms with van der Waals surface area (Å²) in [7, 11) is 0. The number of aryl methyl sites for hydroxylation is 1. The fraction of sp³-hybridized carbons (Fsp3) is 0.562. The summed E-state index contributed by atoms with van der Waals surface area (Å²) < 4.78 is 5.34. The van der Waals surface area contributed by atoms with Gasteiger partial charge in [0.1, 0.15) is 0 Å². The molecule has 0 unspecified atom stereocenters. The first kappa shape index (κ1) is 16.7. The van der Waals surface area contributed by atoms with Gasteiger partial charge in [-0.15, -0.1) is 0 Å². The molecule has 4 heteroatoms. The van der Waals surface area contributed by atoms with Gasteiger partial charge >= 0.3 is 5.97 Å². The van der Waals surface area contributed by atoms with Crippen LogP contribution in [0.3, 0.4) is 0 Å². The summed E-state index contributed by atoms with van der Waals surface area (Å²) in [4.78, 5) is 12.9. The number of hydrogen-bond acceptors (Lipinski definition) is 3. The third kappa shape index (κ3) is 6.68. The lowest BCUT2D eigenvalue weighted by Gasteiger charge is -2.22. The largest absolute Gasteiger partial charge is 0.481 e. The van der Waals surface area contributed by atoms with E-state index >= 15 is 0 Å². The smallest absolute Gasteiger partial charge is 0.304 e. The lowest BCUT2D eigenvalue weighted by atomic mass is 10.1. The first-order chi connectivity index (χ1) is 9.63. The highest BCUT2D eigenvalue weighted by atomic mass is 16.5. The van der Waals surface area contributed by atoms with E-state index in [1.165, 1.54) is 11.1 Å². The Morgan fingerprint density at radius 3 is 2.70 bits per heavy atom. The number of ether oxygens (including phenoxy) is 1. The van der Waals surface area contributed by atoms with Crippen LogP contribution < -0.4 is 0 Å². The molecule has 1 aromatic carbocycles. The second-order valence-corrected chi connectivity index (χ2v) is 4.90. The molecule has 20 heavy (non-hydrogen) atoms. The number of carbonyl (C=O) groups is 1. The van der Waals surface area contributed by atoms with Gasteiger partial charge in [-0.3, -0.25) is 9.69 Å². The van der Waals surface area contributed by atoms with E-state index in [4.69, 9.17) is 9.84 Å². The molecule has 0 aromatic heterocycles. The molecule has 0 aliphatic carbocycles. The van der Waals surface area contributed by atoms with Gasteiger partial charge in [-0.1, -0.05) is 24.3 Å². The Bertz CT molecular complexity index is 406. The summed E-state index contributed by atoms with van der Waals surface area (Å²) >= 11 is 0. The fourth-order valence-corrected chi connectivity index (χ4v) is 2.09. The third-order valence-corrected chi connectivity index (χ3v) is 3.26. The van der Waals surface area contributed by atoms with E-state index in [-0.39, 0.29) is 6.42 Å². The van der Waals surface area contributed by atoms with Crippen molar-refractivity contribution >= 4 is 5.97 Å². The van der Waals surface area contributed by atoms with Gasteiger partial charge in [0.25, 0.3) is 0 Å². The van der Waals surface area contributed by atoms with Crippen molar-refractivity contribution in [3.63, 3.8) is 0 Å². The second kappa shape index (κ2) is 9.50. The van der Waals surface area contributed by atoms with Crippen LogP contribution in [0.25, 0.3) is 0 Å². The van der Waals surface area contributed by atoms with Crippen LogP contribution >= 0.6 is 0 Å². The van der Waals surface area contributed by atoms with Gasteiger partial charge in [0.05, 0.1) is 6.42 Å². The van der Waals surface area contributed by atoms with Crippen molar-refractivity contribution in [2.75, 3.05) is 26.3 Å². The average molecular weight is 279 g/mol. The minimum absolute atomic E-state index is 0.181. The summed E-state index contributed by atoms with van der Waals surface area (Å²) in [6.07, 6.45) is 1.11. The molecule has 0 heterocycles. The maximum atomic E-state index is 10.7. The number of aliphatic carboxylic acids is 1. The minimum atomic E-state index is -0.746. The van der Waals surface area contributed by atoms with Gasteiger partial charge in [0.2, 0.25) is 0 Å². The number of carboxylic acid groups (broad SMARTS) is 1. The molecule has 0 radical (unpaired) electrons. The average Bonchev–Trinajstić information content (AvgIpc) is 2.42. The predicted octanol–water partition coefficient (Wildman–Crippen LogP) is 2.70. The Morgan fingerprint density at radius 2 is 2.05 bits per heavy atom. The number of carboxylic acids is 1. The number of rotatable bonds is 10. The number of hydrogen-bond donors (Lipinski definition) is 1. The highest BCUT2D eigenvalue weighted by Gasteiger charge is 2.09. The van der Waals surface area contributed by atoms with Crippen LogP contribution in [-0.4, -0.2) is 42.3 Å². The van der Waals surface area contributed by atoms with Crippen LogP contribution in [-0.2, 0) is 16.1 Å². The molecule has 4 nitrogen and oxygen atoms in total. The molecule has 0 aliphatic rings. The number of benzene rings is 1. The maximum absolute atomic E-state index is 10.7. The Kier molecular flexibility index (Phi) is 7.92. The van der Waals surface area contributed by atoms with Gasteiger partial charge in [-0.25, -0.2) is 0 Å². The highest BCUT2D eigenvalue weighted by molar-refractivity contribution is 5.66. The molecule has 112 valence electrons. The SMILES string of the molecule is CCOCCCN(CCC(=O)O)Cc1ccccc1C. The molecule has 1 rings (SSSR count). The molecule has 0 fully saturated rings. The zero-order valence-corrected chi connectivity index (χ0v) is 12.5. The first-order valence-electron chi connectivity index (χ1n) is 7.20. The minimum Gasteiger partial charge on any atom is -0.481 e. The van der Waals surface area contributed by atoms with Gasteiger partial charge in [-0.05, 0) is 31.4 Å². The Hall–Kier alpha value is -1.39. The molecule has 0 saturated carbocycles. The van der Waals surface area contributed by atoms with E-state index in [9.17, 15) is 4.79 Å². The van der Waals surface area contributed by atoms with E-state index in [2.05, 4.69) is 24.0 Å². The van der Waals surface area contributed by atoms with E-state index in [1.807, 2.05) is 19.1 Å². The zero-order chi connectivity index (χ0) is 14.8. The molecule has 1 aromatic rings. The summed E-state index contributed by atoms with van der Waals surface area (Å²) in [5.74, 6) is -0.746. The molecular weight excluding hydrogens is 254 g/mol. The zero-order valence-electron chi connectivity index (χ0n) is 12.5. The molecule has 0 atom stereocenters. The van der Waals surface area contributed by atoms with Gasteiger partial charge < -0.3 is 9.84 Å². The number of nitrogens with zero attached hydrogens (tertiary/aromatic N) is 1. The van der Waals surface area contributed by atoms with Gasteiger partial charge in [-0.2, -0.15) is 0 Å². The van der Waals surface area contributed by atoms with E-state index in [1.54, 1.807) is 0 Å². The molecule has 0 saturated heterocycles. The molecule has 0 amide bonds. The lowest BCUT2D eigenvalue weighted by Crippen LogP contribution is -2.28. The van der Waals surface area contributed by atoms with Crippen molar-refractivity contribution in [3.05, 3.63) is 35.4 Å². The van der Waals surface area contributed by atoms with Crippen molar-refractivity contribution < 1.29 is 14.6 Å². The maximum Gasteiger partial charge on any atom is 0.304 e. The van der Waals surface area contributed by atoms with Crippen LogP contribution in [0.4, 0.5) is 0 Å². The fourth-order valence-electron chi connectivity index (χ4n) is 2.09. The van der Waals surface area contributed by atoms with Crippen molar-refractivity contribution in [2.45, 2.75) is 33.2 Å². The monoisotopic (exact) mass is 279 g/mol. The van der Waals surface area contributed by atoms with Crippen molar-refractivity contribution in [1.82, 2.24) is 4.90 Å². The topological polar surface area (TPSA) is 49.8 Å². The van der Waals surface area contributed by atoms with E-state index in [0.29, 0.717) is 6.54 Å². The summed E-state index contributed by atoms with van der Waals surface area (Å²) in [6.45, 7) is 7.77. The second-order valence-electron chi connectivity index (χ2n) is 4.90. The van der Waals surface area contributed by atoms with Crippen LogP contribution in [0.15, 0.2) is 24.3 Å². The van der Waals surface area contributed by atoms with Crippen LogP contribution in [0.5, 0.6) is 0 Å². The van der Waals surface area contributed by atoms with E-state index < -0.39 is 5.97 Å². The summed E-state index contributed by atoms with van der Waals surface area (Å²) in [5, 5.41) is 8.84. The Balaban J connectivity index is 2.52. The summed E-state index contributed by atoms with van der Waals surface area (Å²) in [6, 6.07) is 8.24. The highest BCUT2D eigenvalue weighted by Crippen LogP contribution is 2.11. The molecule has 0 bridgehead atoms. The van der Waals surface area contributed by atoms with E-state index in [0.717, 1.165) is 32.7 Å².